The standard InChI is InChI=1S/C30H24F3NO2/c31-21-6-3-5-20(15-21)29-24-16-19(22-7-1-2-8-25(22)34-17-18-11-12-18)13-14-23(24)28-26(35-29)9-4-10-27(28)36-30(32)33/h1-10,13-16,18,29-30,34H,11-12,17H2. The largest absolute Gasteiger partial charge is 0.480 e. The van der Waals surface area contributed by atoms with Crippen LogP contribution in [-0.2, 0) is 0 Å². The van der Waals surface area contributed by atoms with Crippen molar-refractivity contribution in [2.24, 2.45) is 5.92 Å². The van der Waals surface area contributed by atoms with Crippen LogP contribution < -0.4 is 14.8 Å². The number of hydrogen-bond acceptors (Lipinski definition) is 3. The topological polar surface area (TPSA) is 30.5 Å². The molecule has 0 saturated heterocycles. The fourth-order valence-electron chi connectivity index (χ4n) is 4.82. The van der Waals surface area contributed by atoms with E-state index < -0.39 is 12.7 Å². The van der Waals surface area contributed by atoms with Gasteiger partial charge in [0.25, 0.3) is 0 Å². The van der Waals surface area contributed by atoms with Gasteiger partial charge in [0.15, 0.2) is 0 Å². The maximum Gasteiger partial charge on any atom is 0.387 e. The molecule has 1 fully saturated rings. The third-order valence-corrected chi connectivity index (χ3v) is 6.72. The number of halogens is 3. The normalized spacial score (nSPS) is 16.2. The van der Waals surface area contributed by atoms with Crippen LogP contribution in [0.2, 0.25) is 0 Å². The summed E-state index contributed by atoms with van der Waals surface area (Å²) in [7, 11) is 0. The third-order valence-electron chi connectivity index (χ3n) is 6.72. The van der Waals surface area contributed by atoms with Crippen molar-refractivity contribution in [1.82, 2.24) is 0 Å². The summed E-state index contributed by atoms with van der Waals surface area (Å²) in [6, 6.07) is 25.1. The van der Waals surface area contributed by atoms with E-state index in [2.05, 4.69) is 17.4 Å². The minimum atomic E-state index is -2.97. The van der Waals surface area contributed by atoms with Crippen LogP contribution in [0.15, 0.2) is 84.9 Å². The average Bonchev–Trinajstić information content (AvgIpc) is 3.71. The van der Waals surface area contributed by atoms with E-state index in [0.29, 0.717) is 22.4 Å². The Bertz CT molecular complexity index is 1420. The van der Waals surface area contributed by atoms with Crippen LogP contribution in [0.1, 0.15) is 30.1 Å². The highest BCUT2D eigenvalue weighted by Crippen LogP contribution is 2.50. The molecule has 0 radical (unpaired) electrons. The lowest BCUT2D eigenvalue weighted by molar-refractivity contribution is -0.0496. The number of hydrogen-bond donors (Lipinski definition) is 1. The molecule has 2 aliphatic rings. The van der Waals surface area contributed by atoms with Crippen LogP contribution in [0.4, 0.5) is 18.9 Å². The van der Waals surface area contributed by atoms with E-state index in [9.17, 15) is 13.2 Å². The molecule has 1 aliphatic heterocycles. The van der Waals surface area contributed by atoms with E-state index in [4.69, 9.17) is 9.47 Å². The van der Waals surface area contributed by atoms with Crippen molar-refractivity contribution in [2.75, 3.05) is 11.9 Å². The van der Waals surface area contributed by atoms with Gasteiger partial charge in [-0.3, -0.25) is 0 Å². The van der Waals surface area contributed by atoms with E-state index in [1.165, 1.54) is 31.0 Å². The second-order valence-corrected chi connectivity index (χ2v) is 9.23. The smallest absolute Gasteiger partial charge is 0.387 e. The summed E-state index contributed by atoms with van der Waals surface area (Å²) in [4.78, 5) is 0. The second-order valence-electron chi connectivity index (χ2n) is 9.23. The Labute approximate surface area is 207 Å². The van der Waals surface area contributed by atoms with Gasteiger partial charge in [-0.15, -0.1) is 0 Å². The SMILES string of the molecule is Fc1cccc(C2Oc3cccc(OC(F)F)c3-c3ccc(-c4ccccc4NCC4CC4)cc32)c1. The van der Waals surface area contributed by atoms with Gasteiger partial charge in [-0.05, 0) is 71.8 Å². The van der Waals surface area contributed by atoms with Crippen LogP contribution in [0.25, 0.3) is 22.3 Å². The first-order valence-electron chi connectivity index (χ1n) is 12.0. The molecule has 1 unspecified atom stereocenters. The molecule has 3 nitrogen and oxygen atoms in total. The van der Waals surface area contributed by atoms with Gasteiger partial charge in [0.2, 0.25) is 0 Å². The van der Waals surface area contributed by atoms with Crippen molar-refractivity contribution in [1.29, 1.82) is 0 Å². The van der Waals surface area contributed by atoms with Crippen molar-refractivity contribution < 1.29 is 22.6 Å². The van der Waals surface area contributed by atoms with Gasteiger partial charge >= 0.3 is 6.61 Å². The maximum absolute atomic E-state index is 14.2. The molecule has 0 spiro atoms. The lowest BCUT2D eigenvalue weighted by Gasteiger charge is -2.31. The lowest BCUT2D eigenvalue weighted by Crippen LogP contribution is -2.17. The summed E-state index contributed by atoms with van der Waals surface area (Å²) < 4.78 is 51.8. The Kier molecular flexibility index (Phi) is 5.80. The number of benzene rings is 4. The monoisotopic (exact) mass is 487 g/mol. The van der Waals surface area contributed by atoms with Gasteiger partial charge in [0.05, 0.1) is 5.56 Å². The van der Waals surface area contributed by atoms with E-state index in [1.54, 1.807) is 24.3 Å². The number of anilines is 1. The number of nitrogens with one attached hydrogen (secondary N) is 1. The zero-order valence-corrected chi connectivity index (χ0v) is 19.4. The highest BCUT2D eigenvalue weighted by Gasteiger charge is 2.31. The Morgan fingerprint density at radius 1 is 0.889 bits per heavy atom. The fourth-order valence-corrected chi connectivity index (χ4v) is 4.82. The quantitative estimate of drug-likeness (QED) is 0.286. The summed E-state index contributed by atoms with van der Waals surface area (Å²) in [5.41, 5.74) is 5.59. The molecular weight excluding hydrogens is 463 g/mol. The third kappa shape index (κ3) is 4.39. The molecule has 0 aromatic heterocycles. The van der Waals surface area contributed by atoms with Crippen molar-refractivity contribution >= 4 is 5.69 Å². The number of rotatable bonds is 7. The van der Waals surface area contributed by atoms with Gasteiger partial charge in [0.1, 0.15) is 23.4 Å². The first-order valence-corrected chi connectivity index (χ1v) is 12.0. The number of alkyl halides is 2. The van der Waals surface area contributed by atoms with Crippen LogP contribution in [0, 0.1) is 11.7 Å². The Morgan fingerprint density at radius 2 is 1.72 bits per heavy atom. The zero-order valence-electron chi connectivity index (χ0n) is 19.4. The highest BCUT2D eigenvalue weighted by atomic mass is 19.3. The number of para-hydroxylation sites is 1. The van der Waals surface area contributed by atoms with Crippen LogP contribution in [-0.4, -0.2) is 13.2 Å². The second kappa shape index (κ2) is 9.26. The van der Waals surface area contributed by atoms with Gasteiger partial charge in [0, 0.05) is 23.4 Å². The van der Waals surface area contributed by atoms with E-state index in [-0.39, 0.29) is 11.6 Å². The summed E-state index contributed by atoms with van der Waals surface area (Å²) >= 11 is 0. The molecular formula is C30H24F3NO2. The fraction of sp³-hybridized carbons (Fsp3) is 0.200. The molecule has 1 aliphatic carbocycles. The molecule has 1 N–H and O–H groups in total. The van der Waals surface area contributed by atoms with Gasteiger partial charge in [-0.1, -0.05) is 48.5 Å². The molecule has 1 atom stereocenters. The van der Waals surface area contributed by atoms with E-state index >= 15 is 0 Å². The lowest BCUT2D eigenvalue weighted by atomic mass is 9.86. The summed E-state index contributed by atoms with van der Waals surface area (Å²) in [5.74, 6) is 0.802. The Balaban J connectivity index is 1.50. The molecule has 1 heterocycles. The van der Waals surface area contributed by atoms with Crippen molar-refractivity contribution in [3.05, 3.63) is 102 Å². The Morgan fingerprint density at radius 3 is 2.53 bits per heavy atom. The molecule has 6 heteroatoms. The minimum absolute atomic E-state index is 0.0423. The molecule has 6 rings (SSSR count). The minimum Gasteiger partial charge on any atom is -0.480 e. The summed E-state index contributed by atoms with van der Waals surface area (Å²) in [5, 5.41) is 3.57. The van der Waals surface area contributed by atoms with Crippen molar-refractivity contribution in [3.8, 4) is 33.8 Å². The predicted molar refractivity (Wildman–Crippen MR) is 134 cm³/mol. The van der Waals surface area contributed by atoms with Crippen LogP contribution in [0.5, 0.6) is 11.5 Å². The molecule has 182 valence electrons. The van der Waals surface area contributed by atoms with Gasteiger partial charge in [-0.25, -0.2) is 4.39 Å². The first-order chi connectivity index (χ1) is 17.6. The average molecular weight is 488 g/mol. The van der Waals surface area contributed by atoms with E-state index in [1.807, 2.05) is 30.3 Å². The molecule has 0 bridgehead atoms. The van der Waals surface area contributed by atoms with Gasteiger partial charge < -0.3 is 14.8 Å². The number of fused-ring (bicyclic) bond motifs is 3. The van der Waals surface area contributed by atoms with E-state index in [0.717, 1.165) is 34.8 Å². The van der Waals surface area contributed by atoms with Crippen molar-refractivity contribution in [3.63, 3.8) is 0 Å². The summed E-state index contributed by atoms with van der Waals surface area (Å²) in [6.07, 6.45) is 1.89. The van der Waals surface area contributed by atoms with Gasteiger partial charge in [-0.2, -0.15) is 8.78 Å². The maximum atomic E-state index is 14.2. The number of ether oxygens (including phenoxy) is 2. The molecule has 0 amide bonds. The van der Waals surface area contributed by atoms with Crippen LogP contribution >= 0.6 is 0 Å². The Hall–Kier alpha value is -3.93. The molecule has 1 saturated carbocycles. The highest BCUT2D eigenvalue weighted by molar-refractivity contribution is 5.86. The zero-order chi connectivity index (χ0) is 24.6. The molecule has 4 aromatic rings. The van der Waals surface area contributed by atoms with Crippen LogP contribution in [0.3, 0.4) is 0 Å². The summed E-state index contributed by atoms with van der Waals surface area (Å²) in [6.45, 7) is -2.04. The molecule has 4 aromatic carbocycles. The van der Waals surface area contributed by atoms with Crippen molar-refractivity contribution in [2.45, 2.75) is 25.6 Å². The molecule has 36 heavy (non-hydrogen) atoms. The predicted octanol–water partition coefficient (Wildman–Crippen LogP) is 8.06. The first kappa shape index (κ1) is 22.5.